The number of nitrogens with zero attached hydrogens (tertiary/aromatic N) is 1. The topological polar surface area (TPSA) is 42.4 Å². The number of rotatable bonds is 2. The maximum atomic E-state index is 10.4. The molecule has 0 fully saturated rings. The molecule has 0 radical (unpaired) electrons. The van der Waals surface area contributed by atoms with E-state index < -0.39 is 5.60 Å². The van der Waals surface area contributed by atoms with Gasteiger partial charge in [-0.1, -0.05) is 19.1 Å². The number of aliphatic hydroxyl groups is 1. The zero-order valence-corrected chi connectivity index (χ0v) is 9.75. The van der Waals surface area contributed by atoms with E-state index in [1.54, 1.807) is 7.11 Å². The van der Waals surface area contributed by atoms with Crippen LogP contribution in [-0.4, -0.2) is 16.6 Å². The third kappa shape index (κ3) is 2.06. The summed E-state index contributed by atoms with van der Waals surface area (Å²) in [7, 11) is 1.58. The molecule has 1 aliphatic carbocycles. The number of allylic oxidation sites excluding steroid dienone is 1. The first kappa shape index (κ1) is 10.6. The van der Waals surface area contributed by atoms with Gasteiger partial charge in [0.1, 0.15) is 5.60 Å². The van der Waals surface area contributed by atoms with E-state index in [4.69, 9.17) is 4.74 Å². The predicted molar refractivity (Wildman–Crippen MR) is 60.1 cm³/mol. The van der Waals surface area contributed by atoms with Crippen LogP contribution in [-0.2, 0) is 5.60 Å². The Balaban J connectivity index is 2.25. The molecule has 0 spiro atoms. The molecule has 2 atom stereocenters. The average molecular weight is 225 g/mol. The summed E-state index contributed by atoms with van der Waals surface area (Å²) in [5.74, 6) is 1.13. The van der Waals surface area contributed by atoms with E-state index in [1.165, 1.54) is 11.5 Å². The van der Waals surface area contributed by atoms with Gasteiger partial charge in [-0.15, -0.1) is 0 Å². The second-order valence-corrected chi connectivity index (χ2v) is 4.84. The first-order valence-corrected chi connectivity index (χ1v) is 5.84. The average Bonchev–Trinajstić information content (AvgIpc) is 2.72. The lowest BCUT2D eigenvalue weighted by Crippen LogP contribution is -2.25. The number of aromatic nitrogens is 1. The van der Waals surface area contributed by atoms with E-state index in [0.717, 1.165) is 17.7 Å². The first-order valence-electron chi connectivity index (χ1n) is 5.07. The predicted octanol–water partition coefficient (Wildman–Crippen LogP) is 2.33. The molecule has 1 aliphatic rings. The van der Waals surface area contributed by atoms with E-state index >= 15 is 0 Å². The van der Waals surface area contributed by atoms with E-state index in [9.17, 15) is 5.11 Å². The molecule has 1 N–H and O–H groups in total. The van der Waals surface area contributed by atoms with Gasteiger partial charge in [0.2, 0.25) is 5.88 Å². The Morgan fingerprint density at radius 3 is 3.00 bits per heavy atom. The van der Waals surface area contributed by atoms with Crippen LogP contribution in [0.4, 0.5) is 0 Å². The monoisotopic (exact) mass is 225 g/mol. The Bertz CT molecular complexity index is 374. The van der Waals surface area contributed by atoms with Gasteiger partial charge in [0, 0.05) is 6.07 Å². The molecule has 0 saturated heterocycles. The fraction of sp³-hybridized carbons (Fsp3) is 0.545. The molecule has 1 heterocycles. The van der Waals surface area contributed by atoms with Gasteiger partial charge < -0.3 is 9.84 Å². The van der Waals surface area contributed by atoms with Crippen molar-refractivity contribution in [2.75, 3.05) is 7.11 Å². The lowest BCUT2D eigenvalue weighted by molar-refractivity contribution is 0.0709. The summed E-state index contributed by atoms with van der Waals surface area (Å²) in [6.45, 7) is 2.16. The molecule has 1 aromatic rings. The van der Waals surface area contributed by atoms with Crippen LogP contribution in [0.15, 0.2) is 18.2 Å². The van der Waals surface area contributed by atoms with Gasteiger partial charge in [0.15, 0.2) is 0 Å². The quantitative estimate of drug-likeness (QED) is 0.785. The van der Waals surface area contributed by atoms with Gasteiger partial charge in [-0.3, -0.25) is 0 Å². The lowest BCUT2D eigenvalue weighted by atomic mass is 9.85. The van der Waals surface area contributed by atoms with Crippen LogP contribution in [0.25, 0.3) is 0 Å². The van der Waals surface area contributed by atoms with E-state index in [1.807, 2.05) is 12.1 Å². The molecule has 0 saturated carbocycles. The van der Waals surface area contributed by atoms with Crippen LogP contribution in [0.2, 0.25) is 0 Å². The van der Waals surface area contributed by atoms with Gasteiger partial charge in [0.25, 0.3) is 0 Å². The normalized spacial score (nSPS) is 30.5. The number of ether oxygens (including phenoxy) is 1. The molecule has 0 aliphatic heterocycles. The number of hydrogen-bond donors (Lipinski definition) is 1. The second-order valence-electron chi connectivity index (χ2n) is 4.03. The molecule has 3 nitrogen and oxygen atoms in total. The highest BCUT2D eigenvalue weighted by molar-refractivity contribution is 7.06. The molecule has 2 rings (SSSR count). The minimum atomic E-state index is -0.832. The molecule has 15 heavy (non-hydrogen) atoms. The molecule has 4 heteroatoms. The van der Waals surface area contributed by atoms with Crippen LogP contribution in [0.5, 0.6) is 5.88 Å². The largest absolute Gasteiger partial charge is 0.480 e. The summed E-state index contributed by atoms with van der Waals surface area (Å²) in [5.41, 5.74) is -0.832. The maximum absolute atomic E-state index is 10.4. The molecule has 1 aromatic heterocycles. The number of methoxy groups -OCH3 is 1. The van der Waals surface area contributed by atoms with Crippen molar-refractivity contribution in [3.8, 4) is 5.88 Å². The minimum absolute atomic E-state index is 0.556. The molecule has 0 aromatic carbocycles. The van der Waals surface area contributed by atoms with Gasteiger partial charge in [0.05, 0.1) is 12.0 Å². The Morgan fingerprint density at radius 1 is 1.67 bits per heavy atom. The third-order valence-corrected chi connectivity index (χ3v) is 3.74. The summed E-state index contributed by atoms with van der Waals surface area (Å²) in [6.07, 6.45) is 5.72. The Kier molecular flexibility index (Phi) is 2.80. The molecule has 0 amide bonds. The maximum Gasteiger partial charge on any atom is 0.225 e. The SMILES string of the molecule is COc1cc(C2(O)C=CC(C)CC2)sn1. The van der Waals surface area contributed by atoms with Gasteiger partial charge >= 0.3 is 0 Å². The van der Waals surface area contributed by atoms with Crippen LogP contribution < -0.4 is 4.74 Å². The van der Waals surface area contributed by atoms with Crippen LogP contribution in [0.3, 0.4) is 0 Å². The lowest BCUT2D eigenvalue weighted by Gasteiger charge is -2.28. The third-order valence-electron chi connectivity index (χ3n) is 2.81. The Labute approximate surface area is 93.6 Å². The summed E-state index contributed by atoms with van der Waals surface area (Å²) in [4.78, 5) is 0.863. The Morgan fingerprint density at radius 2 is 2.47 bits per heavy atom. The van der Waals surface area contributed by atoms with Crippen molar-refractivity contribution >= 4 is 11.5 Å². The van der Waals surface area contributed by atoms with Crippen molar-refractivity contribution in [2.24, 2.45) is 5.92 Å². The fourth-order valence-corrected chi connectivity index (χ4v) is 2.51. The smallest absolute Gasteiger partial charge is 0.225 e. The standard InChI is InChI=1S/C11H15NO2S/c1-8-3-5-11(13,6-4-8)9-7-10(14-2)12-15-9/h3,5,7-8,13H,4,6H2,1-2H3. The molecular formula is C11H15NO2S. The second kappa shape index (κ2) is 3.94. The summed E-state index contributed by atoms with van der Waals surface area (Å²) in [5, 5.41) is 10.4. The summed E-state index contributed by atoms with van der Waals surface area (Å²) < 4.78 is 9.12. The van der Waals surface area contributed by atoms with Crippen LogP contribution in [0.1, 0.15) is 24.6 Å². The molecular weight excluding hydrogens is 210 g/mol. The molecule has 2 unspecified atom stereocenters. The highest BCUT2D eigenvalue weighted by Gasteiger charge is 2.31. The van der Waals surface area contributed by atoms with Crippen molar-refractivity contribution in [2.45, 2.75) is 25.4 Å². The van der Waals surface area contributed by atoms with Gasteiger partial charge in [-0.05, 0) is 30.3 Å². The number of hydrogen-bond acceptors (Lipinski definition) is 4. The van der Waals surface area contributed by atoms with Crippen LogP contribution >= 0.6 is 11.5 Å². The van der Waals surface area contributed by atoms with Gasteiger partial charge in [-0.2, -0.15) is 4.37 Å². The fourth-order valence-electron chi connectivity index (χ4n) is 1.72. The van der Waals surface area contributed by atoms with Crippen molar-refractivity contribution in [3.05, 3.63) is 23.1 Å². The summed E-state index contributed by atoms with van der Waals surface area (Å²) in [6, 6.07) is 1.81. The van der Waals surface area contributed by atoms with Crippen molar-refractivity contribution in [1.82, 2.24) is 4.37 Å². The van der Waals surface area contributed by atoms with E-state index in [0.29, 0.717) is 11.8 Å². The van der Waals surface area contributed by atoms with Crippen molar-refractivity contribution in [1.29, 1.82) is 0 Å². The zero-order chi connectivity index (χ0) is 10.9. The van der Waals surface area contributed by atoms with E-state index in [2.05, 4.69) is 17.4 Å². The van der Waals surface area contributed by atoms with Gasteiger partial charge in [-0.25, -0.2) is 0 Å². The van der Waals surface area contributed by atoms with Crippen molar-refractivity contribution in [3.63, 3.8) is 0 Å². The zero-order valence-electron chi connectivity index (χ0n) is 8.93. The molecule has 0 bridgehead atoms. The summed E-state index contributed by atoms with van der Waals surface area (Å²) >= 11 is 1.30. The highest BCUT2D eigenvalue weighted by atomic mass is 32.1. The van der Waals surface area contributed by atoms with Crippen molar-refractivity contribution < 1.29 is 9.84 Å². The first-order chi connectivity index (χ1) is 7.14. The molecule has 82 valence electrons. The van der Waals surface area contributed by atoms with E-state index in [-0.39, 0.29) is 0 Å². The van der Waals surface area contributed by atoms with Crippen LogP contribution in [0, 0.1) is 5.92 Å². The minimum Gasteiger partial charge on any atom is -0.480 e. The Hall–Kier alpha value is -0.870. The highest BCUT2D eigenvalue weighted by Crippen LogP contribution is 2.37.